The van der Waals surface area contributed by atoms with Crippen molar-refractivity contribution >= 4 is 6.09 Å². The molecule has 0 bridgehead atoms. The first kappa shape index (κ1) is 16.5. The molecule has 24 heavy (non-hydrogen) atoms. The van der Waals surface area contributed by atoms with Crippen LogP contribution in [0.15, 0.2) is 15.3 Å². The van der Waals surface area contributed by atoms with Crippen molar-refractivity contribution in [2.45, 2.75) is 58.6 Å². The monoisotopic (exact) mass is 334 g/mol. The van der Waals surface area contributed by atoms with Gasteiger partial charge in [-0.05, 0) is 46.5 Å². The molecule has 0 aromatic carbocycles. The lowest BCUT2D eigenvalue weighted by Gasteiger charge is -2.32. The second kappa shape index (κ2) is 6.26. The minimum Gasteiger partial charge on any atom is -0.444 e. The van der Waals surface area contributed by atoms with E-state index in [0.29, 0.717) is 23.2 Å². The maximum atomic E-state index is 12.1. The average Bonchev–Trinajstić information content (AvgIpc) is 3.01. The van der Waals surface area contributed by atoms with Crippen LogP contribution < -0.4 is 5.32 Å². The number of aryl methyl sites for hydroxylation is 1. The lowest BCUT2D eigenvalue weighted by molar-refractivity contribution is 0.0444. The van der Waals surface area contributed by atoms with Gasteiger partial charge in [0.05, 0.1) is 5.69 Å². The number of alkyl carbamates (subject to hydrolysis) is 1. The van der Waals surface area contributed by atoms with Crippen LogP contribution in [0.25, 0.3) is 11.6 Å². The summed E-state index contributed by atoms with van der Waals surface area (Å²) in [6.07, 6.45) is 3.97. The molecule has 1 amide bonds. The Hall–Kier alpha value is -2.38. The zero-order chi connectivity index (χ0) is 17.3. The summed E-state index contributed by atoms with van der Waals surface area (Å²) in [6, 6.07) is -0.363. The molecule has 3 rings (SSSR count). The second-order valence-electron chi connectivity index (χ2n) is 7.04. The standard InChI is InChI=1S/C16H22N4O4/c1-9-12(22-8-17-9)13-19-14(24-20-13)11(10-6-5-7-10)18-15(21)23-16(2,3)4/h8,10-11H,5-7H2,1-4H3,(H,18,21). The van der Waals surface area contributed by atoms with Crippen molar-refractivity contribution in [3.05, 3.63) is 18.0 Å². The van der Waals surface area contributed by atoms with Crippen LogP contribution in [0.3, 0.4) is 0 Å². The highest BCUT2D eigenvalue weighted by Gasteiger charge is 2.35. The number of nitrogens with one attached hydrogen (secondary N) is 1. The molecule has 2 aromatic heterocycles. The Kier molecular flexibility index (Phi) is 4.29. The molecule has 1 fully saturated rings. The molecule has 2 aromatic rings. The summed E-state index contributed by atoms with van der Waals surface area (Å²) in [5, 5.41) is 6.81. The van der Waals surface area contributed by atoms with Crippen LogP contribution in [0.2, 0.25) is 0 Å². The fourth-order valence-electron chi connectivity index (χ4n) is 2.56. The summed E-state index contributed by atoms with van der Waals surface area (Å²) < 4.78 is 16.0. The van der Waals surface area contributed by atoms with Gasteiger partial charge in [-0.2, -0.15) is 4.98 Å². The van der Waals surface area contributed by atoms with E-state index < -0.39 is 11.7 Å². The molecule has 0 saturated heterocycles. The van der Waals surface area contributed by atoms with Crippen molar-refractivity contribution < 1.29 is 18.5 Å². The summed E-state index contributed by atoms with van der Waals surface area (Å²) in [5.74, 6) is 1.42. The van der Waals surface area contributed by atoms with Gasteiger partial charge in [-0.3, -0.25) is 0 Å². The van der Waals surface area contributed by atoms with Gasteiger partial charge < -0.3 is 19.0 Å². The Morgan fingerprint density at radius 1 is 1.42 bits per heavy atom. The first-order valence-corrected chi connectivity index (χ1v) is 8.07. The Morgan fingerprint density at radius 3 is 2.71 bits per heavy atom. The van der Waals surface area contributed by atoms with E-state index in [1.165, 1.54) is 6.39 Å². The van der Waals surface area contributed by atoms with Gasteiger partial charge in [0.15, 0.2) is 12.2 Å². The first-order chi connectivity index (χ1) is 11.3. The highest BCUT2D eigenvalue weighted by atomic mass is 16.6. The summed E-state index contributed by atoms with van der Waals surface area (Å²) in [6.45, 7) is 7.27. The van der Waals surface area contributed by atoms with Crippen molar-refractivity contribution in [1.29, 1.82) is 0 Å². The predicted molar refractivity (Wildman–Crippen MR) is 84.0 cm³/mol. The number of carbonyl (C=O) groups excluding carboxylic acids is 1. The van der Waals surface area contributed by atoms with Crippen molar-refractivity contribution in [3.8, 4) is 11.6 Å². The zero-order valence-corrected chi connectivity index (χ0v) is 14.3. The normalized spacial score (nSPS) is 16.5. The molecular formula is C16H22N4O4. The highest BCUT2D eigenvalue weighted by molar-refractivity contribution is 5.68. The number of nitrogens with zero attached hydrogens (tertiary/aromatic N) is 3. The molecule has 1 unspecified atom stereocenters. The number of hydrogen-bond donors (Lipinski definition) is 1. The van der Waals surface area contributed by atoms with E-state index in [2.05, 4.69) is 20.4 Å². The van der Waals surface area contributed by atoms with E-state index >= 15 is 0 Å². The highest BCUT2D eigenvalue weighted by Crippen LogP contribution is 2.38. The van der Waals surface area contributed by atoms with Gasteiger partial charge in [0.2, 0.25) is 11.7 Å². The predicted octanol–water partition coefficient (Wildman–Crippen LogP) is 3.40. The Labute approximate surface area is 140 Å². The summed E-state index contributed by atoms with van der Waals surface area (Å²) in [4.78, 5) is 20.5. The molecule has 1 aliphatic rings. The van der Waals surface area contributed by atoms with Gasteiger partial charge >= 0.3 is 6.09 Å². The third-order valence-corrected chi connectivity index (χ3v) is 3.95. The van der Waals surface area contributed by atoms with Crippen LogP contribution in [0, 0.1) is 12.8 Å². The number of rotatable bonds is 4. The molecular weight excluding hydrogens is 312 g/mol. The zero-order valence-electron chi connectivity index (χ0n) is 14.3. The fraction of sp³-hybridized carbons (Fsp3) is 0.625. The number of ether oxygens (including phenoxy) is 1. The first-order valence-electron chi connectivity index (χ1n) is 8.07. The maximum Gasteiger partial charge on any atom is 0.408 e. The Balaban J connectivity index is 1.78. The van der Waals surface area contributed by atoms with Crippen LogP contribution in [0.4, 0.5) is 4.79 Å². The third-order valence-electron chi connectivity index (χ3n) is 3.95. The number of amides is 1. The van der Waals surface area contributed by atoms with Crippen molar-refractivity contribution in [2.75, 3.05) is 0 Å². The largest absolute Gasteiger partial charge is 0.444 e. The third kappa shape index (κ3) is 3.58. The molecule has 0 aliphatic heterocycles. The summed E-state index contributed by atoms with van der Waals surface area (Å²) in [7, 11) is 0. The minimum absolute atomic E-state index is 0.265. The molecule has 0 radical (unpaired) electrons. The average molecular weight is 334 g/mol. The van der Waals surface area contributed by atoms with E-state index in [9.17, 15) is 4.79 Å². The van der Waals surface area contributed by atoms with E-state index in [4.69, 9.17) is 13.7 Å². The van der Waals surface area contributed by atoms with E-state index in [1.54, 1.807) is 6.92 Å². The van der Waals surface area contributed by atoms with E-state index in [1.807, 2.05) is 20.8 Å². The van der Waals surface area contributed by atoms with Gasteiger partial charge in [-0.25, -0.2) is 9.78 Å². The molecule has 130 valence electrons. The molecule has 1 saturated carbocycles. The van der Waals surface area contributed by atoms with Gasteiger partial charge in [0.1, 0.15) is 11.6 Å². The molecule has 1 aliphatic carbocycles. The summed E-state index contributed by atoms with van der Waals surface area (Å²) in [5.41, 5.74) is 0.119. The topological polar surface area (TPSA) is 103 Å². The van der Waals surface area contributed by atoms with Crippen LogP contribution in [-0.4, -0.2) is 26.8 Å². The quantitative estimate of drug-likeness (QED) is 0.913. The molecule has 1 atom stereocenters. The second-order valence-corrected chi connectivity index (χ2v) is 7.04. The molecule has 8 nitrogen and oxygen atoms in total. The maximum absolute atomic E-state index is 12.1. The molecule has 2 heterocycles. The van der Waals surface area contributed by atoms with E-state index in [0.717, 1.165) is 19.3 Å². The van der Waals surface area contributed by atoms with Crippen molar-refractivity contribution in [1.82, 2.24) is 20.4 Å². The minimum atomic E-state index is -0.564. The Bertz CT molecular complexity index is 712. The number of oxazole rings is 1. The lowest BCUT2D eigenvalue weighted by Crippen LogP contribution is -2.39. The van der Waals surface area contributed by atoms with Crippen LogP contribution in [0.1, 0.15) is 57.7 Å². The molecule has 8 heteroatoms. The van der Waals surface area contributed by atoms with Crippen LogP contribution in [-0.2, 0) is 4.74 Å². The van der Waals surface area contributed by atoms with E-state index in [-0.39, 0.29) is 12.0 Å². The van der Waals surface area contributed by atoms with Crippen molar-refractivity contribution in [3.63, 3.8) is 0 Å². The van der Waals surface area contributed by atoms with Gasteiger partial charge in [-0.1, -0.05) is 11.6 Å². The molecule has 0 spiro atoms. The molecule has 1 N–H and O–H groups in total. The van der Waals surface area contributed by atoms with Crippen LogP contribution in [0.5, 0.6) is 0 Å². The Morgan fingerprint density at radius 2 is 2.17 bits per heavy atom. The SMILES string of the molecule is Cc1ncoc1-c1noc(C(NC(=O)OC(C)(C)C)C2CCC2)n1. The van der Waals surface area contributed by atoms with Crippen LogP contribution >= 0.6 is 0 Å². The van der Waals surface area contributed by atoms with Gasteiger partial charge in [-0.15, -0.1) is 0 Å². The number of hydrogen-bond acceptors (Lipinski definition) is 7. The van der Waals surface area contributed by atoms with Gasteiger partial charge in [0, 0.05) is 0 Å². The summed E-state index contributed by atoms with van der Waals surface area (Å²) >= 11 is 0. The lowest BCUT2D eigenvalue weighted by atomic mass is 9.79. The van der Waals surface area contributed by atoms with Gasteiger partial charge in [0.25, 0.3) is 0 Å². The smallest absolute Gasteiger partial charge is 0.408 e. The number of carbonyl (C=O) groups is 1. The fourth-order valence-corrected chi connectivity index (χ4v) is 2.56. The van der Waals surface area contributed by atoms with Crippen molar-refractivity contribution in [2.24, 2.45) is 5.92 Å². The number of aromatic nitrogens is 3.